The van der Waals surface area contributed by atoms with Crippen LogP contribution in [0.4, 0.5) is 11.4 Å². The summed E-state index contributed by atoms with van der Waals surface area (Å²) < 4.78 is 4.62. The molecule has 1 aromatic heterocycles. The van der Waals surface area contributed by atoms with Gasteiger partial charge >= 0.3 is 0 Å². The van der Waals surface area contributed by atoms with Crippen molar-refractivity contribution >= 4 is 29.2 Å². The van der Waals surface area contributed by atoms with Crippen LogP contribution in [0.25, 0.3) is 0 Å². The van der Waals surface area contributed by atoms with Gasteiger partial charge in [0.1, 0.15) is 12.2 Å². The first-order chi connectivity index (χ1) is 17.8. The number of carbonyl (C=O) groups is 1. The zero-order valence-electron chi connectivity index (χ0n) is 22.7. The van der Waals surface area contributed by atoms with Gasteiger partial charge in [0.25, 0.3) is 5.56 Å². The third-order valence-corrected chi connectivity index (χ3v) is 6.83. The molecule has 1 heterocycles. The molecule has 0 fully saturated rings. The first-order valence-corrected chi connectivity index (χ1v) is 13.7. The summed E-state index contributed by atoms with van der Waals surface area (Å²) in [6, 6.07) is 17.7. The van der Waals surface area contributed by atoms with Crippen LogP contribution in [0.2, 0.25) is 0 Å². The molecule has 2 aromatic carbocycles. The Labute approximate surface area is 225 Å². The molecule has 0 unspecified atom stereocenters. The van der Waals surface area contributed by atoms with E-state index in [0.29, 0.717) is 18.8 Å². The molecular formula is C29H41N5O2S. The van der Waals surface area contributed by atoms with E-state index in [0.717, 1.165) is 39.4 Å². The Hall–Kier alpha value is -3.23. The number of pyridine rings is 1. The number of nitrogens with one attached hydrogen (secondary N) is 3. The quantitative estimate of drug-likeness (QED) is 0.253. The van der Waals surface area contributed by atoms with Crippen molar-refractivity contribution in [2.45, 2.75) is 65.9 Å². The predicted molar refractivity (Wildman–Crippen MR) is 158 cm³/mol. The fraction of sp³-hybridized carbons (Fsp3) is 0.379. The minimum absolute atomic E-state index is 0.0393. The minimum Gasteiger partial charge on any atom is -0.388 e. The van der Waals surface area contributed by atoms with E-state index < -0.39 is 0 Å². The molecule has 200 valence electrons. The van der Waals surface area contributed by atoms with E-state index in [1.165, 1.54) is 29.4 Å². The largest absolute Gasteiger partial charge is 0.388 e. The van der Waals surface area contributed by atoms with E-state index in [-0.39, 0.29) is 18.0 Å². The molecule has 0 bridgehead atoms. The van der Waals surface area contributed by atoms with Crippen LogP contribution in [-0.2, 0) is 30.2 Å². The number of aryl methyl sites for hydroxylation is 2. The van der Waals surface area contributed by atoms with Gasteiger partial charge in [-0.2, -0.15) is 0 Å². The van der Waals surface area contributed by atoms with Crippen LogP contribution in [-0.4, -0.2) is 17.5 Å². The van der Waals surface area contributed by atoms with Crippen molar-refractivity contribution in [1.29, 1.82) is 0 Å². The number of nitrogens with zero attached hydrogens (tertiary/aromatic N) is 1. The lowest BCUT2D eigenvalue weighted by molar-refractivity contribution is -0.121. The van der Waals surface area contributed by atoms with E-state index in [4.69, 9.17) is 5.73 Å². The Morgan fingerprint density at radius 2 is 1.68 bits per heavy atom. The molecule has 5 N–H and O–H groups in total. The Kier molecular flexibility index (Phi) is 12.8. The average Bonchev–Trinajstić information content (AvgIpc) is 2.92. The summed E-state index contributed by atoms with van der Waals surface area (Å²) in [5.74, 6) is 0.508. The lowest BCUT2D eigenvalue weighted by Gasteiger charge is -2.15. The molecule has 37 heavy (non-hydrogen) atoms. The van der Waals surface area contributed by atoms with Crippen molar-refractivity contribution in [3.05, 3.63) is 92.9 Å². The Morgan fingerprint density at radius 1 is 0.973 bits per heavy atom. The maximum Gasteiger partial charge on any atom is 0.275 e. The van der Waals surface area contributed by atoms with Crippen LogP contribution in [0.1, 0.15) is 54.6 Å². The summed E-state index contributed by atoms with van der Waals surface area (Å²) in [6.45, 7) is 8.96. The van der Waals surface area contributed by atoms with Gasteiger partial charge in [0.05, 0.1) is 0 Å². The molecule has 3 rings (SSSR count). The highest BCUT2D eigenvalue weighted by molar-refractivity contribution is 7.99. The van der Waals surface area contributed by atoms with Gasteiger partial charge in [-0.1, -0.05) is 63.1 Å². The van der Waals surface area contributed by atoms with Gasteiger partial charge in [0.2, 0.25) is 5.91 Å². The Bertz CT molecular complexity index is 1190. The number of hydrogen-bond acceptors (Lipinski definition) is 6. The highest BCUT2D eigenvalue weighted by atomic mass is 32.2. The number of amides is 1. The summed E-state index contributed by atoms with van der Waals surface area (Å²) in [5.41, 5.74) is 12.0. The molecule has 1 amide bonds. The normalized spacial score (nSPS) is 10.3. The van der Waals surface area contributed by atoms with Gasteiger partial charge in [-0.25, -0.2) is 0 Å². The number of benzene rings is 2. The highest BCUT2D eigenvalue weighted by Gasteiger charge is 2.12. The van der Waals surface area contributed by atoms with E-state index >= 15 is 0 Å². The van der Waals surface area contributed by atoms with E-state index in [9.17, 15) is 9.59 Å². The van der Waals surface area contributed by atoms with Crippen LogP contribution < -0.4 is 26.6 Å². The zero-order valence-corrected chi connectivity index (χ0v) is 23.5. The van der Waals surface area contributed by atoms with Gasteiger partial charge in [0.15, 0.2) is 0 Å². The molecule has 8 heteroatoms. The van der Waals surface area contributed by atoms with Crippen molar-refractivity contribution in [3.8, 4) is 0 Å². The molecule has 0 atom stereocenters. The van der Waals surface area contributed by atoms with E-state index in [1.54, 1.807) is 6.07 Å². The summed E-state index contributed by atoms with van der Waals surface area (Å²) in [6.07, 6.45) is 2.64. The standard InChI is InChI=1S/C25H31N5O2S.C4H10/c1-17-11-20(13-26)23(27-3)12-21(17)14-28-24(31)15-30-18(2)9-10-22(25(30)32)29-33-16-19-7-5-4-6-8-19;1-3-4-2/h4-12,27,29H,13-16,26H2,1-3H3,(H,28,31);3-4H2,1-2H3. The maximum absolute atomic E-state index is 12.9. The summed E-state index contributed by atoms with van der Waals surface area (Å²) in [5, 5.41) is 6.08. The van der Waals surface area contributed by atoms with Crippen molar-refractivity contribution in [1.82, 2.24) is 9.88 Å². The summed E-state index contributed by atoms with van der Waals surface area (Å²) in [7, 11) is 1.85. The maximum atomic E-state index is 12.9. The summed E-state index contributed by atoms with van der Waals surface area (Å²) >= 11 is 1.44. The van der Waals surface area contributed by atoms with Crippen LogP contribution in [0, 0.1) is 13.8 Å². The van der Waals surface area contributed by atoms with Crippen LogP contribution in [0.15, 0.2) is 59.4 Å². The molecular weight excluding hydrogens is 482 g/mol. The van der Waals surface area contributed by atoms with E-state index in [2.05, 4.69) is 29.2 Å². The SMILES string of the molecule is CCCC.CNc1cc(CNC(=O)Cn2c(C)ccc(NSCc3ccccc3)c2=O)c(C)cc1CN. The zero-order chi connectivity index (χ0) is 27.2. The van der Waals surface area contributed by atoms with Gasteiger partial charge < -0.3 is 25.7 Å². The minimum atomic E-state index is -0.220. The number of aromatic nitrogens is 1. The smallest absolute Gasteiger partial charge is 0.275 e. The number of nitrogens with two attached hydrogens (primary N) is 1. The summed E-state index contributed by atoms with van der Waals surface area (Å²) in [4.78, 5) is 25.6. The molecule has 0 aliphatic heterocycles. The van der Waals surface area contributed by atoms with Gasteiger partial charge in [-0.3, -0.25) is 9.59 Å². The number of anilines is 2. The molecule has 0 aliphatic rings. The lowest BCUT2D eigenvalue weighted by atomic mass is 10.0. The second-order valence-electron chi connectivity index (χ2n) is 8.82. The molecule has 3 aromatic rings. The van der Waals surface area contributed by atoms with Crippen LogP contribution in [0.5, 0.6) is 0 Å². The molecule has 7 nitrogen and oxygen atoms in total. The number of carbonyl (C=O) groups excluding carboxylic acids is 1. The third-order valence-electron chi connectivity index (χ3n) is 5.99. The lowest BCUT2D eigenvalue weighted by Crippen LogP contribution is -2.33. The van der Waals surface area contributed by atoms with Crippen molar-refractivity contribution in [3.63, 3.8) is 0 Å². The fourth-order valence-corrected chi connectivity index (χ4v) is 4.26. The monoisotopic (exact) mass is 523 g/mol. The van der Waals surface area contributed by atoms with Crippen LogP contribution in [0.3, 0.4) is 0 Å². The van der Waals surface area contributed by atoms with Gasteiger partial charge in [0, 0.05) is 37.3 Å². The highest BCUT2D eigenvalue weighted by Crippen LogP contribution is 2.21. The predicted octanol–water partition coefficient (Wildman–Crippen LogP) is 5.35. The average molecular weight is 524 g/mol. The molecule has 0 aliphatic carbocycles. The van der Waals surface area contributed by atoms with Crippen LogP contribution >= 0.6 is 11.9 Å². The van der Waals surface area contributed by atoms with Crippen molar-refractivity contribution in [2.75, 3.05) is 17.1 Å². The molecule has 0 radical (unpaired) electrons. The number of hydrogen-bond donors (Lipinski definition) is 4. The first-order valence-electron chi connectivity index (χ1n) is 12.7. The molecule has 0 saturated carbocycles. The van der Waals surface area contributed by atoms with Crippen molar-refractivity contribution < 1.29 is 4.79 Å². The van der Waals surface area contributed by atoms with Gasteiger partial charge in [-0.05, 0) is 66.2 Å². The number of rotatable bonds is 11. The van der Waals surface area contributed by atoms with E-state index in [1.807, 2.05) is 69.4 Å². The third kappa shape index (κ3) is 9.30. The second kappa shape index (κ2) is 15.8. The van der Waals surface area contributed by atoms with Crippen molar-refractivity contribution in [2.24, 2.45) is 5.73 Å². The molecule has 0 saturated heterocycles. The topological polar surface area (TPSA) is 101 Å². The van der Waals surface area contributed by atoms with Gasteiger partial charge in [-0.15, -0.1) is 0 Å². The Morgan fingerprint density at radius 3 is 2.30 bits per heavy atom. The molecule has 0 spiro atoms. The second-order valence-corrected chi connectivity index (χ2v) is 9.60. The number of unbranched alkanes of at least 4 members (excludes halogenated alkanes) is 1. The fourth-order valence-electron chi connectivity index (χ4n) is 3.51. The first kappa shape index (κ1) is 30.0. The Balaban J connectivity index is 0.00000112.